The summed E-state index contributed by atoms with van der Waals surface area (Å²) in [6, 6.07) is 6.14. The molecule has 0 saturated carbocycles. The molecule has 0 fully saturated rings. The Kier molecular flexibility index (Phi) is 7.18. The third-order valence-electron chi connectivity index (χ3n) is 4.40. The third kappa shape index (κ3) is 6.09. The number of aliphatic imine (C=N–C) groups is 1. The molecule has 0 spiro atoms. The lowest BCUT2D eigenvalue weighted by molar-refractivity contribution is -0.117. The predicted molar refractivity (Wildman–Crippen MR) is 95.7 cm³/mol. The van der Waals surface area contributed by atoms with Crippen molar-refractivity contribution in [3.63, 3.8) is 0 Å². The molecule has 2 heterocycles. The van der Waals surface area contributed by atoms with Crippen LogP contribution in [0.5, 0.6) is 0 Å². The molecule has 2 unspecified atom stereocenters. The lowest BCUT2D eigenvalue weighted by Gasteiger charge is -2.22. The number of Topliss-reactive ketones (excluding diaryl/α,β-unsaturated/α-hetero) is 1. The first-order valence-corrected chi connectivity index (χ1v) is 8.80. The number of nitrogens with zero attached hydrogens (tertiary/aromatic N) is 2. The van der Waals surface area contributed by atoms with Crippen molar-refractivity contribution in [2.75, 3.05) is 0 Å². The number of ketones is 1. The number of aromatic nitrogens is 1. The highest BCUT2D eigenvalue weighted by Gasteiger charge is 2.21. The van der Waals surface area contributed by atoms with Gasteiger partial charge in [-0.25, -0.2) is 0 Å². The molecule has 0 amide bonds. The first-order chi connectivity index (χ1) is 11.2. The van der Waals surface area contributed by atoms with E-state index in [1.807, 2.05) is 18.5 Å². The Morgan fingerprint density at radius 2 is 2.09 bits per heavy atom. The van der Waals surface area contributed by atoms with Gasteiger partial charge in [0.25, 0.3) is 0 Å². The summed E-state index contributed by atoms with van der Waals surface area (Å²) in [7, 11) is 0. The Morgan fingerprint density at radius 1 is 1.26 bits per heavy atom. The molecular formula is C20H28N2O. The van der Waals surface area contributed by atoms with E-state index in [0.717, 1.165) is 44.2 Å². The molecule has 23 heavy (non-hydrogen) atoms. The molecule has 1 aliphatic heterocycles. The molecule has 2 rings (SSSR count). The summed E-state index contributed by atoms with van der Waals surface area (Å²) in [4.78, 5) is 20.2. The highest BCUT2D eigenvalue weighted by atomic mass is 16.1. The summed E-state index contributed by atoms with van der Waals surface area (Å²) in [6.07, 6.45) is 13.3. The van der Waals surface area contributed by atoms with E-state index in [9.17, 15) is 4.79 Å². The molecule has 0 N–H and O–H groups in total. The van der Waals surface area contributed by atoms with Crippen LogP contribution in [0, 0.1) is 5.92 Å². The smallest absolute Gasteiger partial charge is 0.129 e. The van der Waals surface area contributed by atoms with Gasteiger partial charge in [0.05, 0.1) is 0 Å². The molecule has 1 aromatic heterocycles. The minimum atomic E-state index is 0.300. The van der Waals surface area contributed by atoms with Gasteiger partial charge >= 0.3 is 0 Å². The van der Waals surface area contributed by atoms with Crippen LogP contribution >= 0.6 is 0 Å². The maximum atomic E-state index is 11.0. The van der Waals surface area contributed by atoms with E-state index in [1.165, 1.54) is 12.1 Å². The monoisotopic (exact) mass is 312 g/mol. The number of pyridine rings is 1. The molecule has 0 aliphatic carbocycles. The molecule has 1 aliphatic rings. The van der Waals surface area contributed by atoms with Gasteiger partial charge in [0.1, 0.15) is 5.78 Å². The molecule has 2 atom stereocenters. The Labute approximate surface area is 139 Å². The zero-order chi connectivity index (χ0) is 16.5. The van der Waals surface area contributed by atoms with Gasteiger partial charge in [0, 0.05) is 36.1 Å². The molecule has 3 nitrogen and oxygen atoms in total. The van der Waals surface area contributed by atoms with Crippen molar-refractivity contribution in [1.82, 2.24) is 4.98 Å². The van der Waals surface area contributed by atoms with Crippen LogP contribution in [0.4, 0.5) is 0 Å². The first-order valence-electron chi connectivity index (χ1n) is 8.80. The van der Waals surface area contributed by atoms with Gasteiger partial charge in [-0.1, -0.05) is 38.3 Å². The average Bonchev–Trinajstić information content (AvgIpc) is 2.54. The molecule has 0 radical (unpaired) electrons. The number of unbranched alkanes of at least 4 members (excludes halogenated alkanes) is 3. The Bertz CT molecular complexity index is 548. The van der Waals surface area contributed by atoms with Crippen molar-refractivity contribution in [1.29, 1.82) is 0 Å². The number of rotatable bonds is 9. The van der Waals surface area contributed by atoms with Crippen LogP contribution in [0.1, 0.15) is 70.4 Å². The summed E-state index contributed by atoms with van der Waals surface area (Å²) < 4.78 is 0. The van der Waals surface area contributed by atoms with Crippen molar-refractivity contribution in [2.24, 2.45) is 10.9 Å². The van der Waals surface area contributed by atoms with Crippen LogP contribution in [-0.4, -0.2) is 16.5 Å². The zero-order valence-electron chi connectivity index (χ0n) is 14.4. The number of allylic oxidation sites excluding steroid dienone is 1. The van der Waals surface area contributed by atoms with Gasteiger partial charge in [-0.05, 0) is 44.2 Å². The van der Waals surface area contributed by atoms with E-state index < -0.39 is 0 Å². The normalized spacial score (nSPS) is 18.5. The van der Waals surface area contributed by atoms with E-state index >= 15 is 0 Å². The quantitative estimate of drug-likeness (QED) is 0.596. The molecule has 0 bridgehead atoms. The number of carbonyl (C=O) groups excluding carboxylic acids is 1. The summed E-state index contributed by atoms with van der Waals surface area (Å²) in [6.45, 7) is 3.91. The molecule has 1 aromatic rings. The van der Waals surface area contributed by atoms with Crippen molar-refractivity contribution >= 4 is 11.5 Å². The molecule has 124 valence electrons. The van der Waals surface area contributed by atoms with Crippen LogP contribution < -0.4 is 0 Å². The van der Waals surface area contributed by atoms with Gasteiger partial charge < -0.3 is 4.79 Å². The highest BCUT2D eigenvalue weighted by Crippen LogP contribution is 2.28. The maximum Gasteiger partial charge on any atom is 0.129 e. The largest absolute Gasteiger partial charge is 0.300 e. The number of hydrogen-bond donors (Lipinski definition) is 0. The van der Waals surface area contributed by atoms with Crippen molar-refractivity contribution in [3.8, 4) is 0 Å². The fraction of sp³-hybridized carbons (Fsp3) is 0.550. The summed E-state index contributed by atoms with van der Waals surface area (Å²) >= 11 is 0. The van der Waals surface area contributed by atoms with Gasteiger partial charge in [0.2, 0.25) is 0 Å². The van der Waals surface area contributed by atoms with Crippen molar-refractivity contribution in [2.45, 2.75) is 64.7 Å². The Balaban J connectivity index is 1.91. The van der Waals surface area contributed by atoms with E-state index in [-0.39, 0.29) is 0 Å². The second kappa shape index (κ2) is 9.39. The van der Waals surface area contributed by atoms with Gasteiger partial charge in [-0.3, -0.25) is 9.98 Å². The second-order valence-electron chi connectivity index (χ2n) is 6.61. The lowest BCUT2D eigenvalue weighted by Crippen LogP contribution is -2.18. The molecule has 0 aromatic carbocycles. The van der Waals surface area contributed by atoms with Crippen LogP contribution in [0.15, 0.2) is 41.7 Å². The van der Waals surface area contributed by atoms with E-state index in [2.05, 4.69) is 35.1 Å². The van der Waals surface area contributed by atoms with Crippen molar-refractivity contribution < 1.29 is 4.79 Å². The maximum absolute atomic E-state index is 11.0. The van der Waals surface area contributed by atoms with E-state index in [0.29, 0.717) is 17.6 Å². The van der Waals surface area contributed by atoms with Crippen LogP contribution in [0.25, 0.3) is 0 Å². The fourth-order valence-electron chi connectivity index (χ4n) is 3.11. The molecule has 3 heteroatoms. The second-order valence-corrected chi connectivity index (χ2v) is 6.61. The van der Waals surface area contributed by atoms with E-state index in [4.69, 9.17) is 0 Å². The first kappa shape index (κ1) is 17.6. The Hall–Kier alpha value is -1.77. The SMILES string of the molecule is CC(=O)CCCCCCC(C1=NC=CC(C)C1)c1ccccn1. The minimum absolute atomic E-state index is 0.300. The number of hydrogen-bond acceptors (Lipinski definition) is 3. The van der Waals surface area contributed by atoms with Gasteiger partial charge in [-0.15, -0.1) is 0 Å². The minimum Gasteiger partial charge on any atom is -0.300 e. The predicted octanol–water partition coefficient (Wildman–Crippen LogP) is 5.09. The highest BCUT2D eigenvalue weighted by molar-refractivity contribution is 5.92. The van der Waals surface area contributed by atoms with Gasteiger partial charge in [0.15, 0.2) is 0 Å². The summed E-state index contributed by atoms with van der Waals surface area (Å²) in [5, 5.41) is 0. The molecular weight excluding hydrogens is 284 g/mol. The summed E-state index contributed by atoms with van der Waals surface area (Å²) in [5.74, 6) is 1.19. The standard InChI is InChI=1S/C20H28N2O/c1-16-12-14-22-20(15-16)18(19-11-7-8-13-21-19)10-6-4-3-5-9-17(2)23/h7-8,11-14,16,18H,3-6,9-10,15H2,1-2H3. The van der Waals surface area contributed by atoms with Crippen LogP contribution in [0.3, 0.4) is 0 Å². The van der Waals surface area contributed by atoms with Crippen LogP contribution in [-0.2, 0) is 4.79 Å². The average molecular weight is 312 g/mol. The Morgan fingerprint density at radius 3 is 2.78 bits per heavy atom. The molecule has 0 saturated heterocycles. The van der Waals surface area contributed by atoms with Gasteiger partial charge in [-0.2, -0.15) is 0 Å². The summed E-state index contributed by atoms with van der Waals surface area (Å²) in [5.41, 5.74) is 2.40. The van der Waals surface area contributed by atoms with Crippen molar-refractivity contribution in [3.05, 3.63) is 42.4 Å². The zero-order valence-corrected chi connectivity index (χ0v) is 14.4. The van der Waals surface area contributed by atoms with Crippen LogP contribution in [0.2, 0.25) is 0 Å². The van der Waals surface area contributed by atoms with E-state index in [1.54, 1.807) is 6.92 Å². The number of carbonyl (C=O) groups is 1. The third-order valence-corrected chi connectivity index (χ3v) is 4.40. The fourth-order valence-corrected chi connectivity index (χ4v) is 3.11. The topological polar surface area (TPSA) is 42.3 Å². The lowest BCUT2D eigenvalue weighted by atomic mass is 9.86.